The standard InChI is InChI=1S/C10H9NO/c1-2-10(12)9-5-3-4-8(6-9)7-11/h2-6,10,12H,1H2/t10-/m1/s1. The fourth-order valence-corrected chi connectivity index (χ4v) is 0.928. The van der Waals surface area contributed by atoms with E-state index in [-0.39, 0.29) is 0 Å². The predicted octanol–water partition coefficient (Wildman–Crippen LogP) is 1.78. The maximum absolute atomic E-state index is 9.32. The van der Waals surface area contributed by atoms with E-state index in [1.807, 2.05) is 6.07 Å². The molecule has 2 heteroatoms. The molecule has 0 heterocycles. The summed E-state index contributed by atoms with van der Waals surface area (Å²) in [5.41, 5.74) is 1.25. The van der Waals surface area contributed by atoms with Crippen LogP contribution in [0.15, 0.2) is 36.9 Å². The molecule has 0 saturated heterocycles. The molecule has 0 bridgehead atoms. The van der Waals surface area contributed by atoms with Gasteiger partial charge in [-0.1, -0.05) is 18.2 Å². The number of rotatable bonds is 2. The summed E-state index contributed by atoms with van der Waals surface area (Å²) in [6, 6.07) is 8.83. The zero-order valence-electron chi connectivity index (χ0n) is 6.57. The Kier molecular flexibility index (Phi) is 2.62. The van der Waals surface area contributed by atoms with E-state index in [4.69, 9.17) is 5.26 Å². The van der Waals surface area contributed by atoms with E-state index in [2.05, 4.69) is 6.58 Å². The summed E-state index contributed by atoms with van der Waals surface area (Å²) in [7, 11) is 0. The van der Waals surface area contributed by atoms with Crippen molar-refractivity contribution in [2.45, 2.75) is 6.10 Å². The molecule has 60 valence electrons. The summed E-state index contributed by atoms with van der Waals surface area (Å²) in [6.07, 6.45) is 0.745. The number of nitrogens with zero attached hydrogens (tertiary/aromatic N) is 1. The molecule has 1 aromatic rings. The molecule has 0 spiro atoms. The molecule has 0 aliphatic carbocycles. The quantitative estimate of drug-likeness (QED) is 0.668. The Balaban J connectivity index is 3.03. The molecule has 0 unspecified atom stereocenters. The highest BCUT2D eigenvalue weighted by atomic mass is 16.3. The number of aliphatic hydroxyl groups is 1. The van der Waals surface area contributed by atoms with Gasteiger partial charge in [0.1, 0.15) is 0 Å². The lowest BCUT2D eigenvalue weighted by Crippen LogP contribution is -1.92. The highest BCUT2D eigenvalue weighted by Gasteiger charge is 2.01. The monoisotopic (exact) mass is 159 g/mol. The molecule has 0 radical (unpaired) electrons. The minimum absolute atomic E-state index is 0.549. The third kappa shape index (κ3) is 1.71. The SMILES string of the molecule is C=C[C@@H](O)c1cccc(C#N)c1. The van der Waals surface area contributed by atoms with Gasteiger partial charge in [-0.2, -0.15) is 5.26 Å². The van der Waals surface area contributed by atoms with E-state index in [0.29, 0.717) is 11.1 Å². The van der Waals surface area contributed by atoms with E-state index < -0.39 is 6.10 Å². The van der Waals surface area contributed by atoms with Crippen molar-refractivity contribution >= 4 is 0 Å². The van der Waals surface area contributed by atoms with Crippen LogP contribution in [0.3, 0.4) is 0 Å². The summed E-state index contributed by atoms with van der Waals surface area (Å²) in [5.74, 6) is 0. The molecular weight excluding hydrogens is 150 g/mol. The highest BCUT2D eigenvalue weighted by Crippen LogP contribution is 2.14. The average Bonchev–Trinajstić information content (AvgIpc) is 2.17. The van der Waals surface area contributed by atoms with Crippen LogP contribution in [-0.4, -0.2) is 5.11 Å². The minimum Gasteiger partial charge on any atom is -0.384 e. The maximum atomic E-state index is 9.32. The Bertz CT molecular complexity index is 325. The third-order valence-electron chi connectivity index (χ3n) is 1.58. The maximum Gasteiger partial charge on any atom is 0.0991 e. The van der Waals surface area contributed by atoms with E-state index in [0.717, 1.165) is 0 Å². The first kappa shape index (κ1) is 8.51. The summed E-state index contributed by atoms with van der Waals surface area (Å²) in [5, 5.41) is 17.9. The summed E-state index contributed by atoms with van der Waals surface area (Å²) >= 11 is 0. The van der Waals surface area contributed by atoms with Crippen LogP contribution in [0.4, 0.5) is 0 Å². The van der Waals surface area contributed by atoms with Crippen LogP contribution in [0.2, 0.25) is 0 Å². The second kappa shape index (κ2) is 3.70. The van der Waals surface area contributed by atoms with Crippen molar-refractivity contribution < 1.29 is 5.11 Å². The molecular formula is C10H9NO. The van der Waals surface area contributed by atoms with Gasteiger partial charge in [-0.15, -0.1) is 6.58 Å². The fourth-order valence-electron chi connectivity index (χ4n) is 0.928. The van der Waals surface area contributed by atoms with Gasteiger partial charge in [-0.25, -0.2) is 0 Å². The second-order valence-electron chi connectivity index (χ2n) is 2.42. The molecule has 0 fully saturated rings. The Morgan fingerprint density at radius 2 is 2.33 bits per heavy atom. The lowest BCUT2D eigenvalue weighted by molar-refractivity contribution is 0.229. The Labute approximate surface area is 71.4 Å². The van der Waals surface area contributed by atoms with Gasteiger partial charge in [0.2, 0.25) is 0 Å². The number of benzene rings is 1. The smallest absolute Gasteiger partial charge is 0.0991 e. The fraction of sp³-hybridized carbons (Fsp3) is 0.100. The van der Waals surface area contributed by atoms with Gasteiger partial charge in [0.05, 0.1) is 17.7 Å². The topological polar surface area (TPSA) is 44.0 Å². The zero-order chi connectivity index (χ0) is 8.97. The van der Waals surface area contributed by atoms with Crippen LogP contribution in [0.25, 0.3) is 0 Å². The van der Waals surface area contributed by atoms with E-state index >= 15 is 0 Å². The second-order valence-corrected chi connectivity index (χ2v) is 2.42. The minimum atomic E-state index is -0.682. The Morgan fingerprint density at radius 1 is 1.58 bits per heavy atom. The molecule has 0 aliphatic heterocycles. The van der Waals surface area contributed by atoms with Crippen LogP contribution in [0.1, 0.15) is 17.2 Å². The highest BCUT2D eigenvalue weighted by molar-refractivity contribution is 5.34. The van der Waals surface area contributed by atoms with Crippen molar-refractivity contribution in [1.29, 1.82) is 5.26 Å². The lowest BCUT2D eigenvalue weighted by atomic mass is 10.1. The number of hydrogen-bond donors (Lipinski definition) is 1. The van der Waals surface area contributed by atoms with Gasteiger partial charge in [-0.3, -0.25) is 0 Å². The molecule has 12 heavy (non-hydrogen) atoms. The molecule has 0 amide bonds. The first-order chi connectivity index (χ1) is 5.77. The van der Waals surface area contributed by atoms with E-state index in [9.17, 15) is 5.11 Å². The summed E-state index contributed by atoms with van der Waals surface area (Å²) in [6.45, 7) is 3.46. The van der Waals surface area contributed by atoms with Crippen LogP contribution in [-0.2, 0) is 0 Å². The van der Waals surface area contributed by atoms with Crippen molar-refractivity contribution in [2.75, 3.05) is 0 Å². The third-order valence-corrected chi connectivity index (χ3v) is 1.58. The molecule has 0 saturated carbocycles. The van der Waals surface area contributed by atoms with Gasteiger partial charge in [-0.05, 0) is 17.7 Å². The molecule has 1 atom stereocenters. The lowest BCUT2D eigenvalue weighted by Gasteiger charge is -2.04. The van der Waals surface area contributed by atoms with Crippen LogP contribution < -0.4 is 0 Å². The Hall–Kier alpha value is -1.59. The van der Waals surface area contributed by atoms with Gasteiger partial charge < -0.3 is 5.11 Å². The molecule has 0 aliphatic rings. The normalized spacial score (nSPS) is 11.7. The van der Waals surface area contributed by atoms with Crippen molar-refractivity contribution in [2.24, 2.45) is 0 Å². The first-order valence-electron chi connectivity index (χ1n) is 3.58. The summed E-state index contributed by atoms with van der Waals surface area (Å²) in [4.78, 5) is 0. The van der Waals surface area contributed by atoms with E-state index in [1.165, 1.54) is 6.08 Å². The number of aliphatic hydroxyl groups excluding tert-OH is 1. The molecule has 1 N–H and O–H groups in total. The molecule has 2 nitrogen and oxygen atoms in total. The van der Waals surface area contributed by atoms with Crippen molar-refractivity contribution in [1.82, 2.24) is 0 Å². The van der Waals surface area contributed by atoms with Crippen molar-refractivity contribution in [3.05, 3.63) is 48.0 Å². The molecule has 1 rings (SSSR count). The number of nitriles is 1. The first-order valence-corrected chi connectivity index (χ1v) is 3.58. The van der Waals surface area contributed by atoms with E-state index in [1.54, 1.807) is 24.3 Å². The van der Waals surface area contributed by atoms with Crippen LogP contribution in [0.5, 0.6) is 0 Å². The van der Waals surface area contributed by atoms with Gasteiger partial charge in [0.25, 0.3) is 0 Å². The van der Waals surface area contributed by atoms with Gasteiger partial charge in [0, 0.05) is 0 Å². The van der Waals surface area contributed by atoms with Crippen molar-refractivity contribution in [3.63, 3.8) is 0 Å². The van der Waals surface area contributed by atoms with Gasteiger partial charge >= 0.3 is 0 Å². The summed E-state index contributed by atoms with van der Waals surface area (Å²) < 4.78 is 0. The predicted molar refractivity (Wildman–Crippen MR) is 46.3 cm³/mol. The van der Waals surface area contributed by atoms with Gasteiger partial charge in [0.15, 0.2) is 0 Å². The van der Waals surface area contributed by atoms with Crippen LogP contribution >= 0.6 is 0 Å². The Morgan fingerprint density at radius 3 is 2.92 bits per heavy atom. The number of hydrogen-bond acceptors (Lipinski definition) is 2. The van der Waals surface area contributed by atoms with Crippen molar-refractivity contribution in [3.8, 4) is 6.07 Å². The van der Waals surface area contributed by atoms with Crippen LogP contribution in [0, 0.1) is 11.3 Å². The largest absolute Gasteiger partial charge is 0.384 e. The zero-order valence-corrected chi connectivity index (χ0v) is 6.57. The molecule has 0 aromatic heterocycles. The average molecular weight is 159 g/mol. The molecule has 1 aromatic carbocycles.